The van der Waals surface area contributed by atoms with Crippen LogP contribution in [0.25, 0.3) is 0 Å². The third-order valence-corrected chi connectivity index (χ3v) is 5.68. The van der Waals surface area contributed by atoms with Crippen molar-refractivity contribution < 1.29 is 32.3 Å². The van der Waals surface area contributed by atoms with Gasteiger partial charge in [0.1, 0.15) is 5.60 Å². The van der Waals surface area contributed by atoms with Crippen LogP contribution in [0.2, 0.25) is 0 Å². The molecule has 1 aliphatic heterocycles. The first-order chi connectivity index (χ1) is 17.7. The Balaban J connectivity index is 1.65. The molecule has 0 aliphatic carbocycles. The Kier molecular flexibility index (Phi) is 8.74. The fourth-order valence-electron chi connectivity index (χ4n) is 3.93. The summed E-state index contributed by atoms with van der Waals surface area (Å²) in [5.41, 5.74) is 0.683. The molecule has 0 fully saturated rings. The highest BCUT2D eigenvalue weighted by Gasteiger charge is 2.30. The number of carbonyl (C=O) groups excluding carboxylic acids is 3. The van der Waals surface area contributed by atoms with Crippen LogP contribution >= 0.6 is 0 Å². The molecule has 12 heteroatoms. The monoisotopic (exact) mass is 534 g/mol. The van der Waals surface area contributed by atoms with Gasteiger partial charge in [-0.15, -0.1) is 4.91 Å². The lowest BCUT2D eigenvalue weighted by molar-refractivity contribution is -0.137. The zero-order chi connectivity index (χ0) is 28.1. The summed E-state index contributed by atoms with van der Waals surface area (Å²) in [6, 6.07) is 8.71. The van der Waals surface area contributed by atoms with E-state index in [1.54, 1.807) is 39.0 Å². The van der Waals surface area contributed by atoms with Gasteiger partial charge in [0.15, 0.2) is 6.17 Å². The predicted octanol–water partition coefficient (Wildman–Crippen LogP) is 5.00. The Morgan fingerprint density at radius 2 is 1.76 bits per heavy atom. The second-order valence-electron chi connectivity index (χ2n) is 10.00. The molecule has 2 atom stereocenters. The van der Waals surface area contributed by atoms with E-state index in [1.807, 2.05) is 0 Å². The topological polar surface area (TPSA) is 126 Å². The number of anilines is 1. The van der Waals surface area contributed by atoms with Crippen molar-refractivity contribution in [2.75, 3.05) is 5.32 Å². The van der Waals surface area contributed by atoms with Crippen molar-refractivity contribution >= 4 is 23.6 Å². The maximum absolute atomic E-state index is 12.9. The Morgan fingerprint density at radius 3 is 2.37 bits per heavy atom. The molecule has 0 saturated carbocycles. The summed E-state index contributed by atoms with van der Waals surface area (Å²) in [7, 11) is 0. The van der Waals surface area contributed by atoms with E-state index in [9.17, 15) is 32.5 Å². The second-order valence-corrected chi connectivity index (χ2v) is 10.00. The molecule has 2 aromatic rings. The number of nitrogens with one attached hydrogen (secondary N) is 3. The maximum atomic E-state index is 12.9. The fraction of sp³-hybridized carbons (Fsp3) is 0.423. The van der Waals surface area contributed by atoms with Crippen LogP contribution < -0.4 is 16.0 Å². The summed E-state index contributed by atoms with van der Waals surface area (Å²) in [5.74, 6) is -0.693. The quantitative estimate of drug-likeness (QED) is 0.391. The molecular formula is C26H29F3N4O5. The van der Waals surface area contributed by atoms with Gasteiger partial charge in [-0.3, -0.25) is 9.59 Å². The lowest BCUT2D eigenvalue weighted by atomic mass is 10.00. The number of alkyl carbamates (subject to hydrolysis) is 1. The van der Waals surface area contributed by atoms with E-state index in [0.717, 1.165) is 12.1 Å². The molecule has 0 saturated heterocycles. The number of hydrogen-bond donors (Lipinski definition) is 3. The summed E-state index contributed by atoms with van der Waals surface area (Å²) in [6.45, 7) is 5.05. The van der Waals surface area contributed by atoms with Gasteiger partial charge in [0, 0.05) is 23.7 Å². The first kappa shape index (κ1) is 28.6. The van der Waals surface area contributed by atoms with E-state index < -0.39 is 41.5 Å². The van der Waals surface area contributed by atoms with Crippen molar-refractivity contribution in [2.45, 2.75) is 70.4 Å². The molecule has 1 aliphatic rings. The molecule has 9 nitrogen and oxygen atoms in total. The molecule has 3 rings (SSSR count). The van der Waals surface area contributed by atoms with Crippen molar-refractivity contribution in [2.24, 2.45) is 5.18 Å². The van der Waals surface area contributed by atoms with Crippen molar-refractivity contribution in [3.05, 3.63) is 69.6 Å². The Labute approximate surface area is 217 Å². The van der Waals surface area contributed by atoms with E-state index in [0.29, 0.717) is 22.4 Å². The van der Waals surface area contributed by atoms with E-state index in [1.165, 1.54) is 12.1 Å². The normalized spacial score (nSPS) is 14.6. The van der Waals surface area contributed by atoms with Crippen molar-refractivity contribution in [3.63, 3.8) is 0 Å². The SMILES string of the molecule is CC(C)(C)OC(=O)N[C@H](CCC(=O)NC(N=O)c1ccc2c(c1)CC(=O)N2)Cc1ccc(C(F)(F)F)cc1. The van der Waals surface area contributed by atoms with Gasteiger partial charge in [-0.25, -0.2) is 4.79 Å². The van der Waals surface area contributed by atoms with Crippen LogP contribution in [0.1, 0.15) is 62.0 Å². The minimum absolute atomic E-state index is 0.111. The molecule has 1 unspecified atom stereocenters. The minimum Gasteiger partial charge on any atom is -0.444 e. The molecule has 3 N–H and O–H groups in total. The average molecular weight is 535 g/mol. The molecule has 0 aromatic heterocycles. The Bertz CT molecular complexity index is 1190. The summed E-state index contributed by atoms with van der Waals surface area (Å²) in [5, 5.41) is 10.9. The van der Waals surface area contributed by atoms with Gasteiger partial charge in [0.2, 0.25) is 11.8 Å². The number of fused-ring (bicyclic) bond motifs is 1. The number of alkyl halides is 3. The summed E-state index contributed by atoms with van der Waals surface area (Å²) in [6.07, 6.45) is -6.09. The number of rotatable bonds is 9. The van der Waals surface area contributed by atoms with Crippen LogP contribution in [0.5, 0.6) is 0 Å². The second kappa shape index (κ2) is 11.6. The first-order valence-corrected chi connectivity index (χ1v) is 11.9. The molecule has 0 radical (unpaired) electrons. The zero-order valence-electron chi connectivity index (χ0n) is 21.1. The van der Waals surface area contributed by atoms with E-state index in [-0.39, 0.29) is 31.6 Å². The van der Waals surface area contributed by atoms with Crippen molar-refractivity contribution in [1.29, 1.82) is 0 Å². The van der Waals surface area contributed by atoms with E-state index >= 15 is 0 Å². The van der Waals surface area contributed by atoms with Crippen molar-refractivity contribution in [3.8, 4) is 0 Å². The number of amides is 3. The van der Waals surface area contributed by atoms with Gasteiger partial charge in [0.05, 0.1) is 12.0 Å². The molecular weight excluding hydrogens is 505 g/mol. The predicted molar refractivity (Wildman–Crippen MR) is 133 cm³/mol. The first-order valence-electron chi connectivity index (χ1n) is 11.9. The number of nitrogens with zero attached hydrogens (tertiary/aromatic N) is 1. The van der Waals surface area contributed by atoms with Crippen LogP contribution in [0.15, 0.2) is 47.6 Å². The number of halogens is 3. The van der Waals surface area contributed by atoms with E-state index in [2.05, 4.69) is 21.1 Å². The summed E-state index contributed by atoms with van der Waals surface area (Å²) < 4.78 is 44.0. The minimum atomic E-state index is -4.47. The smallest absolute Gasteiger partial charge is 0.416 e. The fourth-order valence-corrected chi connectivity index (χ4v) is 3.93. The molecule has 1 heterocycles. The third kappa shape index (κ3) is 8.29. The molecule has 0 spiro atoms. The standard InChI is InChI=1S/C26H29F3N4O5/c1-25(2,3)38-24(36)30-19(12-15-4-7-18(8-5-15)26(27,28)29)9-11-21(34)32-23(33-37)16-6-10-20-17(13-16)14-22(35)31-20/h4-8,10,13,19,23H,9,11-12,14H2,1-3H3,(H,30,36)(H,31,35)(H,32,34)/t19-,23?/m1/s1. The molecule has 2 aromatic carbocycles. The van der Waals surface area contributed by atoms with E-state index in [4.69, 9.17) is 4.74 Å². The Morgan fingerprint density at radius 1 is 1.08 bits per heavy atom. The highest BCUT2D eigenvalue weighted by Crippen LogP contribution is 2.29. The van der Waals surface area contributed by atoms with Crippen LogP contribution in [0.4, 0.5) is 23.7 Å². The molecule has 38 heavy (non-hydrogen) atoms. The summed E-state index contributed by atoms with van der Waals surface area (Å²) in [4.78, 5) is 48.0. The zero-order valence-corrected chi connectivity index (χ0v) is 21.1. The molecule has 3 amide bonds. The maximum Gasteiger partial charge on any atom is 0.416 e. The third-order valence-electron chi connectivity index (χ3n) is 5.68. The highest BCUT2D eigenvalue weighted by molar-refractivity contribution is 5.99. The van der Waals surface area contributed by atoms with Crippen LogP contribution in [0, 0.1) is 4.91 Å². The molecule has 0 bridgehead atoms. The number of carbonyl (C=O) groups is 3. The Hall–Kier alpha value is -3.96. The van der Waals surface area contributed by atoms with Gasteiger partial charge in [0.25, 0.3) is 0 Å². The number of ether oxygens (including phenoxy) is 1. The van der Waals surface area contributed by atoms with Crippen molar-refractivity contribution in [1.82, 2.24) is 10.6 Å². The van der Waals surface area contributed by atoms with Gasteiger partial charge < -0.3 is 20.7 Å². The van der Waals surface area contributed by atoms with Crippen LogP contribution in [-0.4, -0.2) is 29.6 Å². The average Bonchev–Trinajstić information content (AvgIpc) is 3.18. The van der Waals surface area contributed by atoms with Crippen LogP contribution in [-0.2, 0) is 33.3 Å². The molecule has 204 valence electrons. The lowest BCUT2D eigenvalue weighted by Gasteiger charge is -2.24. The number of hydrogen-bond acceptors (Lipinski definition) is 6. The summed E-state index contributed by atoms with van der Waals surface area (Å²) >= 11 is 0. The number of benzene rings is 2. The largest absolute Gasteiger partial charge is 0.444 e. The lowest BCUT2D eigenvalue weighted by Crippen LogP contribution is -2.41. The van der Waals surface area contributed by atoms with Gasteiger partial charge in [-0.05, 0) is 74.2 Å². The van der Waals surface area contributed by atoms with Gasteiger partial charge >= 0.3 is 12.3 Å². The van der Waals surface area contributed by atoms with Gasteiger partial charge in [-0.1, -0.05) is 18.2 Å². The van der Waals surface area contributed by atoms with Gasteiger partial charge in [-0.2, -0.15) is 13.2 Å². The highest BCUT2D eigenvalue weighted by atomic mass is 19.4. The number of nitroso groups, excluding NO2 is 1. The van der Waals surface area contributed by atoms with Crippen LogP contribution in [0.3, 0.4) is 0 Å².